The van der Waals surface area contributed by atoms with Gasteiger partial charge in [-0.05, 0) is 38.3 Å². The fourth-order valence-corrected chi connectivity index (χ4v) is 1.92. The topological polar surface area (TPSA) is 29.0 Å². The van der Waals surface area contributed by atoms with Crippen LogP contribution in [-0.4, -0.2) is 35.1 Å². The van der Waals surface area contributed by atoms with Crippen molar-refractivity contribution in [3.05, 3.63) is 18.1 Å². The second kappa shape index (κ2) is 5.95. The van der Waals surface area contributed by atoms with Crippen molar-refractivity contribution in [1.29, 1.82) is 0 Å². The summed E-state index contributed by atoms with van der Waals surface area (Å²) in [4.78, 5) is 10.7. The van der Waals surface area contributed by atoms with Crippen molar-refractivity contribution in [2.75, 3.05) is 24.0 Å². The summed E-state index contributed by atoms with van der Waals surface area (Å²) in [6.07, 6.45) is 5.14. The molecule has 0 bridgehead atoms. The molecule has 0 aliphatic heterocycles. The summed E-state index contributed by atoms with van der Waals surface area (Å²) in [5, 5.41) is 0. The van der Waals surface area contributed by atoms with Crippen LogP contribution in [0.1, 0.15) is 19.2 Å². The Labute approximate surface area is 96.3 Å². The largest absolute Gasteiger partial charge is 0.357 e. The molecular formula is C11H19N3S. The van der Waals surface area contributed by atoms with Gasteiger partial charge in [-0.1, -0.05) is 0 Å². The van der Waals surface area contributed by atoms with Crippen molar-refractivity contribution >= 4 is 17.6 Å². The summed E-state index contributed by atoms with van der Waals surface area (Å²) in [6.45, 7) is 4.15. The van der Waals surface area contributed by atoms with Crippen LogP contribution in [-0.2, 0) is 0 Å². The summed E-state index contributed by atoms with van der Waals surface area (Å²) >= 11 is 1.89. The van der Waals surface area contributed by atoms with E-state index in [4.69, 9.17) is 0 Å². The molecule has 0 radical (unpaired) electrons. The number of hydrogen-bond acceptors (Lipinski definition) is 4. The molecule has 0 unspecified atom stereocenters. The van der Waals surface area contributed by atoms with Crippen LogP contribution in [0, 0.1) is 6.92 Å². The van der Waals surface area contributed by atoms with E-state index < -0.39 is 0 Å². The fraction of sp³-hybridized carbons (Fsp3) is 0.636. The number of anilines is 1. The van der Waals surface area contributed by atoms with Crippen molar-refractivity contribution in [3.8, 4) is 0 Å². The lowest BCUT2D eigenvalue weighted by atomic mass is 10.2. The van der Waals surface area contributed by atoms with Gasteiger partial charge in [-0.2, -0.15) is 11.8 Å². The molecule has 0 saturated carbocycles. The third-order valence-corrected chi connectivity index (χ3v) is 3.17. The lowest BCUT2D eigenvalue weighted by Gasteiger charge is -2.25. The Morgan fingerprint density at radius 2 is 2.27 bits per heavy atom. The third-order valence-electron chi connectivity index (χ3n) is 2.52. The van der Waals surface area contributed by atoms with Gasteiger partial charge in [0.25, 0.3) is 0 Å². The van der Waals surface area contributed by atoms with Gasteiger partial charge in [0, 0.05) is 19.3 Å². The molecule has 0 spiro atoms. The van der Waals surface area contributed by atoms with Crippen molar-refractivity contribution in [3.63, 3.8) is 0 Å². The molecule has 1 atom stereocenters. The highest BCUT2D eigenvalue weighted by Crippen LogP contribution is 2.14. The number of nitrogens with zero attached hydrogens (tertiary/aromatic N) is 3. The fourth-order valence-electron chi connectivity index (χ4n) is 1.35. The summed E-state index contributed by atoms with van der Waals surface area (Å²) in [7, 11) is 2.09. The van der Waals surface area contributed by atoms with Crippen molar-refractivity contribution in [2.45, 2.75) is 26.3 Å². The minimum atomic E-state index is 0.520. The number of rotatable bonds is 5. The zero-order valence-electron chi connectivity index (χ0n) is 9.90. The SMILES string of the molecule is CSCC[C@@H](C)N(C)c1ccnc(C)n1. The molecular weight excluding hydrogens is 206 g/mol. The second-order valence-corrected chi connectivity index (χ2v) is 4.69. The molecule has 15 heavy (non-hydrogen) atoms. The van der Waals surface area contributed by atoms with Crippen molar-refractivity contribution in [1.82, 2.24) is 9.97 Å². The number of hydrogen-bond donors (Lipinski definition) is 0. The Balaban J connectivity index is 2.62. The molecule has 0 aromatic carbocycles. The molecule has 0 N–H and O–H groups in total. The average Bonchev–Trinajstić information content (AvgIpc) is 2.24. The van der Waals surface area contributed by atoms with Gasteiger partial charge in [-0.25, -0.2) is 9.97 Å². The van der Waals surface area contributed by atoms with Crippen molar-refractivity contribution in [2.24, 2.45) is 0 Å². The number of aryl methyl sites for hydroxylation is 1. The van der Waals surface area contributed by atoms with Gasteiger partial charge in [0.2, 0.25) is 0 Å². The van der Waals surface area contributed by atoms with Gasteiger partial charge < -0.3 is 4.90 Å². The number of aromatic nitrogens is 2. The van der Waals surface area contributed by atoms with Crippen LogP contribution >= 0.6 is 11.8 Å². The van der Waals surface area contributed by atoms with Gasteiger partial charge in [-0.15, -0.1) is 0 Å². The van der Waals surface area contributed by atoms with E-state index in [1.165, 1.54) is 12.2 Å². The molecule has 1 heterocycles. The Bertz CT molecular complexity index is 304. The maximum Gasteiger partial charge on any atom is 0.132 e. The zero-order valence-corrected chi connectivity index (χ0v) is 10.7. The first-order chi connectivity index (χ1) is 7.15. The first kappa shape index (κ1) is 12.3. The summed E-state index contributed by atoms with van der Waals surface area (Å²) in [6, 6.07) is 2.48. The Kier molecular flexibility index (Phi) is 4.88. The second-order valence-electron chi connectivity index (χ2n) is 3.70. The van der Waals surface area contributed by atoms with Crippen LogP contribution in [0.4, 0.5) is 5.82 Å². The van der Waals surface area contributed by atoms with Gasteiger partial charge in [0.05, 0.1) is 0 Å². The maximum absolute atomic E-state index is 4.41. The van der Waals surface area contributed by atoms with Gasteiger partial charge >= 0.3 is 0 Å². The Morgan fingerprint density at radius 3 is 2.87 bits per heavy atom. The van der Waals surface area contributed by atoms with E-state index in [0.29, 0.717) is 6.04 Å². The van der Waals surface area contributed by atoms with Crippen LogP contribution in [0.2, 0.25) is 0 Å². The maximum atomic E-state index is 4.41. The monoisotopic (exact) mass is 225 g/mol. The first-order valence-electron chi connectivity index (χ1n) is 5.16. The van der Waals surface area contributed by atoms with Crippen LogP contribution < -0.4 is 4.90 Å². The van der Waals surface area contributed by atoms with E-state index in [2.05, 4.69) is 35.1 Å². The van der Waals surface area contributed by atoms with E-state index in [-0.39, 0.29) is 0 Å². The molecule has 1 aromatic heterocycles. The van der Waals surface area contributed by atoms with E-state index in [0.717, 1.165) is 11.6 Å². The summed E-state index contributed by atoms with van der Waals surface area (Å²) < 4.78 is 0. The van der Waals surface area contributed by atoms with Crippen molar-refractivity contribution < 1.29 is 0 Å². The Morgan fingerprint density at radius 1 is 1.53 bits per heavy atom. The molecule has 1 aromatic rings. The van der Waals surface area contributed by atoms with Crippen LogP contribution in [0.25, 0.3) is 0 Å². The predicted molar refractivity (Wildman–Crippen MR) is 67.6 cm³/mol. The molecule has 0 aliphatic rings. The molecule has 3 nitrogen and oxygen atoms in total. The van der Waals surface area contributed by atoms with E-state index >= 15 is 0 Å². The lowest BCUT2D eigenvalue weighted by molar-refractivity contribution is 0.660. The molecule has 0 aliphatic carbocycles. The van der Waals surface area contributed by atoms with Gasteiger partial charge in [0.1, 0.15) is 11.6 Å². The molecule has 1 rings (SSSR count). The van der Waals surface area contributed by atoms with E-state index in [9.17, 15) is 0 Å². The minimum absolute atomic E-state index is 0.520. The Hall–Kier alpha value is -0.770. The zero-order chi connectivity index (χ0) is 11.3. The molecule has 84 valence electrons. The van der Waals surface area contributed by atoms with Gasteiger partial charge in [-0.3, -0.25) is 0 Å². The average molecular weight is 225 g/mol. The molecule has 0 fully saturated rings. The van der Waals surface area contributed by atoms with E-state index in [1.54, 1.807) is 0 Å². The summed E-state index contributed by atoms with van der Waals surface area (Å²) in [5.74, 6) is 3.03. The van der Waals surface area contributed by atoms with Gasteiger partial charge in [0.15, 0.2) is 0 Å². The highest BCUT2D eigenvalue weighted by atomic mass is 32.2. The smallest absolute Gasteiger partial charge is 0.132 e. The third kappa shape index (κ3) is 3.70. The highest BCUT2D eigenvalue weighted by Gasteiger charge is 2.10. The van der Waals surface area contributed by atoms with Crippen LogP contribution in [0.5, 0.6) is 0 Å². The summed E-state index contributed by atoms with van der Waals surface area (Å²) in [5.41, 5.74) is 0. The predicted octanol–water partition coefficient (Wildman–Crippen LogP) is 2.36. The molecule has 4 heteroatoms. The lowest BCUT2D eigenvalue weighted by Crippen LogP contribution is -2.30. The first-order valence-corrected chi connectivity index (χ1v) is 6.56. The van der Waals surface area contributed by atoms with E-state index in [1.807, 2.05) is 30.9 Å². The quantitative estimate of drug-likeness (QED) is 0.769. The number of thioether (sulfide) groups is 1. The molecule has 0 saturated heterocycles. The normalized spacial score (nSPS) is 12.5. The minimum Gasteiger partial charge on any atom is -0.357 e. The van der Waals surface area contributed by atoms with Crippen LogP contribution in [0.3, 0.4) is 0 Å². The van der Waals surface area contributed by atoms with Crippen LogP contribution in [0.15, 0.2) is 12.3 Å². The standard InChI is InChI=1S/C11H19N3S/c1-9(6-8-15-4)14(3)11-5-7-12-10(2)13-11/h5,7,9H,6,8H2,1-4H3/t9-/m1/s1. The molecule has 0 amide bonds. The highest BCUT2D eigenvalue weighted by molar-refractivity contribution is 7.98.